The van der Waals surface area contributed by atoms with E-state index < -0.39 is 23.1 Å². The van der Waals surface area contributed by atoms with Crippen molar-refractivity contribution in [1.29, 1.82) is 0 Å². The zero-order valence-electron chi connectivity index (χ0n) is 13.9. The number of nitrogens with zero attached hydrogens (tertiary/aromatic N) is 1. The summed E-state index contributed by atoms with van der Waals surface area (Å²) in [6.45, 7) is 6.03. The largest absolute Gasteiger partial charge is 0.481 e. The maximum Gasteiger partial charge on any atom is 0.414 e. The van der Waals surface area contributed by atoms with Crippen LogP contribution >= 0.6 is 0 Å². The van der Waals surface area contributed by atoms with E-state index in [4.69, 9.17) is 4.74 Å². The predicted octanol–water partition coefficient (Wildman–Crippen LogP) is 3.49. The lowest BCUT2D eigenvalue weighted by atomic mass is 9.63. The smallest absolute Gasteiger partial charge is 0.414 e. The van der Waals surface area contributed by atoms with E-state index in [0.717, 1.165) is 29.7 Å². The van der Waals surface area contributed by atoms with Crippen molar-refractivity contribution in [2.75, 3.05) is 11.4 Å². The van der Waals surface area contributed by atoms with Crippen molar-refractivity contribution in [2.45, 2.75) is 57.5 Å². The molecule has 1 N–H and O–H groups in total. The van der Waals surface area contributed by atoms with Gasteiger partial charge in [0, 0.05) is 6.54 Å². The molecule has 1 saturated carbocycles. The van der Waals surface area contributed by atoms with E-state index in [1.807, 2.05) is 39.0 Å². The van der Waals surface area contributed by atoms with Crippen molar-refractivity contribution in [2.24, 2.45) is 0 Å². The van der Waals surface area contributed by atoms with Gasteiger partial charge in [-0.1, -0.05) is 24.6 Å². The molecule has 23 heavy (non-hydrogen) atoms. The van der Waals surface area contributed by atoms with Crippen molar-refractivity contribution < 1.29 is 19.4 Å². The molecule has 1 aromatic carbocycles. The second kappa shape index (κ2) is 5.25. The lowest BCUT2D eigenvalue weighted by Gasteiger charge is -2.40. The number of aliphatic carboxylic acids is 1. The van der Waals surface area contributed by atoms with Crippen LogP contribution in [0.25, 0.3) is 0 Å². The van der Waals surface area contributed by atoms with E-state index in [2.05, 4.69) is 0 Å². The highest BCUT2D eigenvalue weighted by atomic mass is 16.6. The molecule has 0 bridgehead atoms. The number of carbonyl (C=O) groups excluding carboxylic acids is 1. The van der Waals surface area contributed by atoms with Crippen LogP contribution in [0.2, 0.25) is 0 Å². The molecule has 1 fully saturated rings. The average molecular weight is 317 g/mol. The van der Waals surface area contributed by atoms with Crippen LogP contribution in [0.5, 0.6) is 0 Å². The first-order valence-corrected chi connectivity index (χ1v) is 8.11. The number of amides is 1. The van der Waals surface area contributed by atoms with Crippen LogP contribution in [0.3, 0.4) is 0 Å². The number of hydrogen-bond acceptors (Lipinski definition) is 3. The molecule has 3 rings (SSSR count). The monoisotopic (exact) mass is 317 g/mol. The molecule has 1 aliphatic carbocycles. The second-order valence-electron chi connectivity index (χ2n) is 7.44. The summed E-state index contributed by atoms with van der Waals surface area (Å²) in [5.41, 5.74) is 1.12. The Bertz CT molecular complexity index is 655. The van der Waals surface area contributed by atoms with Gasteiger partial charge in [-0.3, -0.25) is 9.69 Å². The Morgan fingerprint density at radius 1 is 1.26 bits per heavy atom. The lowest BCUT2D eigenvalue weighted by molar-refractivity contribution is -0.147. The van der Waals surface area contributed by atoms with Crippen molar-refractivity contribution in [1.82, 2.24) is 0 Å². The van der Waals surface area contributed by atoms with Crippen LogP contribution in [0.4, 0.5) is 10.5 Å². The fraction of sp³-hybridized carbons (Fsp3) is 0.556. The van der Waals surface area contributed by atoms with Crippen molar-refractivity contribution >= 4 is 17.7 Å². The summed E-state index contributed by atoms with van der Waals surface area (Å²) in [6.07, 6.45) is 2.49. The molecule has 0 radical (unpaired) electrons. The molecule has 0 unspecified atom stereocenters. The normalized spacial score (nSPS) is 19.0. The average Bonchev–Trinajstić information content (AvgIpc) is 2.79. The highest BCUT2D eigenvalue weighted by Gasteiger charge is 2.49. The number of fused-ring (bicyclic) bond motifs is 1. The van der Waals surface area contributed by atoms with Crippen molar-refractivity contribution in [3.05, 3.63) is 29.3 Å². The van der Waals surface area contributed by atoms with E-state index in [1.54, 1.807) is 4.90 Å². The Labute approximate surface area is 136 Å². The summed E-state index contributed by atoms with van der Waals surface area (Å²) >= 11 is 0. The Hall–Kier alpha value is -2.04. The maximum atomic E-state index is 12.5. The molecule has 2 aliphatic rings. The van der Waals surface area contributed by atoms with Crippen molar-refractivity contribution in [3.63, 3.8) is 0 Å². The number of anilines is 1. The standard InChI is InChI=1S/C18H23NO4/c1-17(2,3)23-16(22)19-11-8-12-6-4-7-13(14(12)19)18(15(20)21)9-5-10-18/h4,6-7H,5,8-11H2,1-3H3,(H,20,21). The minimum atomic E-state index is -0.851. The molecule has 1 amide bonds. The van der Waals surface area contributed by atoms with Crippen LogP contribution in [0.15, 0.2) is 18.2 Å². The third kappa shape index (κ3) is 2.58. The third-order valence-corrected chi connectivity index (χ3v) is 4.74. The van der Waals surface area contributed by atoms with Gasteiger partial charge in [0.1, 0.15) is 5.60 Å². The van der Waals surface area contributed by atoms with E-state index in [9.17, 15) is 14.7 Å². The van der Waals surface area contributed by atoms with Crippen LogP contribution in [-0.2, 0) is 21.4 Å². The highest BCUT2D eigenvalue weighted by molar-refractivity contribution is 5.95. The van der Waals surface area contributed by atoms with E-state index in [0.29, 0.717) is 19.4 Å². The number of para-hydroxylation sites is 1. The Morgan fingerprint density at radius 2 is 1.96 bits per heavy atom. The second-order valence-corrected chi connectivity index (χ2v) is 7.44. The maximum absolute atomic E-state index is 12.5. The number of hydrogen-bond donors (Lipinski definition) is 1. The molecule has 0 spiro atoms. The third-order valence-electron chi connectivity index (χ3n) is 4.74. The van der Waals surface area contributed by atoms with Gasteiger partial charge in [-0.05, 0) is 51.2 Å². The minimum absolute atomic E-state index is 0.399. The molecule has 1 heterocycles. The summed E-state index contributed by atoms with van der Waals surface area (Å²) in [5.74, 6) is -0.798. The molecule has 1 aromatic rings. The van der Waals surface area contributed by atoms with Crippen LogP contribution in [0, 0.1) is 0 Å². The molecule has 0 saturated heterocycles. The van der Waals surface area contributed by atoms with Gasteiger partial charge in [-0.15, -0.1) is 0 Å². The van der Waals surface area contributed by atoms with Crippen LogP contribution in [0.1, 0.15) is 51.2 Å². The zero-order valence-corrected chi connectivity index (χ0v) is 13.9. The first-order chi connectivity index (χ1) is 10.7. The fourth-order valence-corrected chi connectivity index (χ4v) is 3.47. The quantitative estimate of drug-likeness (QED) is 0.906. The van der Waals surface area contributed by atoms with Crippen LogP contribution in [-0.4, -0.2) is 29.3 Å². The first kappa shape index (κ1) is 15.8. The molecule has 5 heteroatoms. The van der Waals surface area contributed by atoms with E-state index in [1.165, 1.54) is 0 Å². The van der Waals surface area contributed by atoms with Crippen LogP contribution < -0.4 is 4.90 Å². The Kier molecular flexibility index (Phi) is 3.62. The number of carbonyl (C=O) groups is 2. The Morgan fingerprint density at radius 3 is 2.48 bits per heavy atom. The Balaban J connectivity index is 2.02. The number of rotatable bonds is 2. The molecular weight excluding hydrogens is 294 g/mol. The number of ether oxygens (including phenoxy) is 1. The summed E-state index contributed by atoms with van der Waals surface area (Å²) < 4.78 is 5.50. The summed E-state index contributed by atoms with van der Waals surface area (Å²) in [6, 6.07) is 5.72. The number of carboxylic acids is 1. The van der Waals surface area contributed by atoms with E-state index >= 15 is 0 Å². The van der Waals surface area contributed by atoms with E-state index in [-0.39, 0.29) is 0 Å². The fourth-order valence-electron chi connectivity index (χ4n) is 3.47. The van der Waals surface area contributed by atoms with Crippen molar-refractivity contribution in [3.8, 4) is 0 Å². The van der Waals surface area contributed by atoms with Gasteiger partial charge in [-0.2, -0.15) is 0 Å². The molecule has 1 aliphatic heterocycles. The molecule has 5 nitrogen and oxygen atoms in total. The van der Waals surface area contributed by atoms with Gasteiger partial charge in [0.2, 0.25) is 0 Å². The highest BCUT2D eigenvalue weighted by Crippen LogP contribution is 2.49. The van der Waals surface area contributed by atoms with Gasteiger partial charge < -0.3 is 9.84 Å². The molecule has 124 valence electrons. The SMILES string of the molecule is CC(C)(C)OC(=O)N1CCc2cccc(C3(C(=O)O)CCC3)c21. The molecule has 0 aromatic heterocycles. The van der Waals surface area contributed by atoms with Gasteiger partial charge >= 0.3 is 12.1 Å². The van der Waals surface area contributed by atoms with Gasteiger partial charge in [0.15, 0.2) is 0 Å². The first-order valence-electron chi connectivity index (χ1n) is 8.11. The summed E-state index contributed by atoms with van der Waals surface area (Å²) in [5, 5.41) is 9.75. The number of benzene rings is 1. The zero-order chi connectivity index (χ0) is 16.8. The molecular formula is C18H23NO4. The summed E-state index contributed by atoms with van der Waals surface area (Å²) in [7, 11) is 0. The lowest BCUT2D eigenvalue weighted by Crippen LogP contribution is -2.44. The van der Waals surface area contributed by atoms with Gasteiger partial charge in [0.25, 0.3) is 0 Å². The molecule has 0 atom stereocenters. The van der Waals surface area contributed by atoms with Gasteiger partial charge in [0.05, 0.1) is 11.1 Å². The number of carboxylic acid groups (broad SMARTS) is 1. The topological polar surface area (TPSA) is 66.8 Å². The minimum Gasteiger partial charge on any atom is -0.481 e. The van der Waals surface area contributed by atoms with Gasteiger partial charge in [-0.25, -0.2) is 4.79 Å². The summed E-state index contributed by atoms with van der Waals surface area (Å²) in [4.78, 5) is 26.0. The predicted molar refractivity (Wildman–Crippen MR) is 86.9 cm³/mol.